The molecule has 2 nitrogen and oxygen atoms in total. The molecule has 0 saturated heterocycles. The quantitative estimate of drug-likeness (QED) is 0.661. The average Bonchev–Trinajstić information content (AvgIpc) is 2.95. The lowest BCUT2D eigenvalue weighted by molar-refractivity contribution is 0.0890. The van der Waals surface area contributed by atoms with E-state index in [9.17, 15) is 9.59 Å². The molecule has 0 fully saturated rings. The Bertz CT molecular complexity index is 898. The molecule has 3 aromatic rings. The maximum atomic E-state index is 13.2. The van der Waals surface area contributed by atoms with Gasteiger partial charge in [0, 0.05) is 11.1 Å². The molecule has 0 spiro atoms. The average molecular weight is 312 g/mol. The fourth-order valence-electron chi connectivity index (χ4n) is 3.57. The van der Waals surface area contributed by atoms with Crippen LogP contribution in [0.1, 0.15) is 43.7 Å². The summed E-state index contributed by atoms with van der Waals surface area (Å²) in [5.74, 6) is -0.872. The first-order valence-corrected chi connectivity index (χ1v) is 8.04. The highest BCUT2D eigenvalue weighted by molar-refractivity contribution is 6.15. The molecule has 3 aromatic carbocycles. The largest absolute Gasteiger partial charge is 0.293 e. The summed E-state index contributed by atoms with van der Waals surface area (Å²) >= 11 is 0. The zero-order valence-corrected chi connectivity index (χ0v) is 13.1. The number of ketones is 2. The molecule has 0 bridgehead atoms. The number of Topliss-reactive ketones (excluding diaryl/α,β-unsaturated/α-hetero) is 2. The van der Waals surface area contributed by atoms with Crippen LogP contribution in [0.4, 0.5) is 0 Å². The van der Waals surface area contributed by atoms with Crippen LogP contribution in [0.3, 0.4) is 0 Å². The van der Waals surface area contributed by atoms with Crippen LogP contribution in [0.15, 0.2) is 84.9 Å². The normalized spacial score (nSPS) is 19.1. The summed E-state index contributed by atoms with van der Waals surface area (Å²) in [5, 5.41) is 0. The summed E-state index contributed by atoms with van der Waals surface area (Å²) in [6, 6.07) is 26.3. The van der Waals surface area contributed by atoms with Gasteiger partial charge in [0.15, 0.2) is 11.6 Å². The van der Waals surface area contributed by atoms with E-state index in [4.69, 9.17) is 0 Å². The minimum absolute atomic E-state index is 0.00255. The third-order valence-corrected chi connectivity index (χ3v) is 4.68. The van der Waals surface area contributed by atoms with Crippen molar-refractivity contribution in [3.63, 3.8) is 0 Å². The molecule has 0 amide bonds. The van der Waals surface area contributed by atoms with Crippen molar-refractivity contribution >= 4 is 11.6 Å². The Morgan fingerprint density at radius 3 is 2.00 bits per heavy atom. The SMILES string of the molecule is O=C1c2ccccc2C(C(=O)c2ccccc2)C1c1ccccc1. The molecule has 4 rings (SSSR count). The van der Waals surface area contributed by atoms with Gasteiger partial charge in [-0.2, -0.15) is 0 Å². The number of rotatable bonds is 3. The zero-order valence-electron chi connectivity index (χ0n) is 13.1. The molecule has 116 valence electrons. The van der Waals surface area contributed by atoms with Crippen molar-refractivity contribution in [1.29, 1.82) is 0 Å². The van der Waals surface area contributed by atoms with Crippen molar-refractivity contribution in [3.05, 3.63) is 107 Å². The molecular weight excluding hydrogens is 296 g/mol. The third kappa shape index (κ3) is 2.28. The highest BCUT2D eigenvalue weighted by atomic mass is 16.1. The molecule has 0 aliphatic heterocycles. The molecular formula is C22H16O2. The molecule has 0 N–H and O–H groups in total. The summed E-state index contributed by atoms with van der Waals surface area (Å²) in [6.07, 6.45) is 0. The Morgan fingerprint density at radius 2 is 1.29 bits per heavy atom. The Hall–Kier alpha value is -3.00. The number of hydrogen-bond donors (Lipinski definition) is 0. The zero-order chi connectivity index (χ0) is 16.5. The van der Waals surface area contributed by atoms with E-state index in [-0.39, 0.29) is 11.6 Å². The molecule has 2 unspecified atom stereocenters. The van der Waals surface area contributed by atoms with Gasteiger partial charge in [-0.15, -0.1) is 0 Å². The van der Waals surface area contributed by atoms with E-state index in [2.05, 4.69) is 0 Å². The molecule has 2 heteroatoms. The number of carbonyl (C=O) groups is 2. The Labute approximate surface area is 140 Å². The number of carbonyl (C=O) groups excluding carboxylic acids is 2. The van der Waals surface area contributed by atoms with Crippen molar-refractivity contribution < 1.29 is 9.59 Å². The van der Waals surface area contributed by atoms with Gasteiger partial charge in [-0.05, 0) is 11.1 Å². The molecule has 0 heterocycles. The maximum absolute atomic E-state index is 13.2. The second-order valence-electron chi connectivity index (χ2n) is 6.05. The molecule has 24 heavy (non-hydrogen) atoms. The molecule has 1 aliphatic carbocycles. The first-order valence-electron chi connectivity index (χ1n) is 8.04. The van der Waals surface area contributed by atoms with Gasteiger partial charge >= 0.3 is 0 Å². The first kappa shape index (κ1) is 14.6. The standard InChI is InChI=1S/C22H16O2/c23-21(16-11-5-2-6-12-16)20-17-13-7-8-14-18(17)22(24)19(20)15-9-3-1-4-10-15/h1-14,19-20H. The predicted molar refractivity (Wildman–Crippen MR) is 93.5 cm³/mol. The summed E-state index contributed by atoms with van der Waals surface area (Å²) in [6.45, 7) is 0. The molecule has 2 atom stereocenters. The second-order valence-corrected chi connectivity index (χ2v) is 6.05. The first-order chi connectivity index (χ1) is 11.8. The second kappa shape index (κ2) is 5.89. The van der Waals surface area contributed by atoms with Crippen LogP contribution in [0, 0.1) is 0 Å². The van der Waals surface area contributed by atoms with Crippen molar-refractivity contribution in [2.24, 2.45) is 0 Å². The number of benzene rings is 3. The highest BCUT2D eigenvalue weighted by Crippen LogP contribution is 2.45. The predicted octanol–water partition coefficient (Wildman–Crippen LogP) is 4.63. The van der Waals surface area contributed by atoms with Gasteiger partial charge in [0.25, 0.3) is 0 Å². The molecule has 0 aromatic heterocycles. The van der Waals surface area contributed by atoms with E-state index in [1.807, 2.05) is 84.9 Å². The Balaban J connectivity index is 1.87. The van der Waals surface area contributed by atoms with Crippen molar-refractivity contribution in [2.45, 2.75) is 11.8 Å². The van der Waals surface area contributed by atoms with E-state index >= 15 is 0 Å². The van der Waals surface area contributed by atoms with E-state index in [0.717, 1.165) is 11.1 Å². The van der Waals surface area contributed by atoms with Crippen molar-refractivity contribution in [2.75, 3.05) is 0 Å². The van der Waals surface area contributed by atoms with Crippen LogP contribution < -0.4 is 0 Å². The van der Waals surface area contributed by atoms with Gasteiger partial charge in [0.05, 0.1) is 11.8 Å². The topological polar surface area (TPSA) is 34.1 Å². The van der Waals surface area contributed by atoms with Gasteiger partial charge in [-0.3, -0.25) is 9.59 Å². The van der Waals surface area contributed by atoms with Crippen LogP contribution in [-0.4, -0.2) is 11.6 Å². The lowest BCUT2D eigenvalue weighted by Crippen LogP contribution is -2.19. The van der Waals surface area contributed by atoms with E-state index in [1.165, 1.54) is 0 Å². The van der Waals surface area contributed by atoms with Gasteiger partial charge < -0.3 is 0 Å². The third-order valence-electron chi connectivity index (χ3n) is 4.68. The van der Waals surface area contributed by atoms with Crippen molar-refractivity contribution in [3.8, 4) is 0 Å². The van der Waals surface area contributed by atoms with Crippen molar-refractivity contribution in [1.82, 2.24) is 0 Å². The summed E-state index contributed by atoms with van der Waals surface area (Å²) in [5.41, 5.74) is 3.05. The highest BCUT2D eigenvalue weighted by Gasteiger charge is 2.44. The lowest BCUT2D eigenvalue weighted by Gasteiger charge is -2.19. The van der Waals surface area contributed by atoms with Crippen LogP contribution in [0.2, 0.25) is 0 Å². The summed E-state index contributed by atoms with van der Waals surface area (Å²) < 4.78 is 0. The minimum atomic E-state index is -0.460. The van der Waals surface area contributed by atoms with Crippen LogP contribution in [0.25, 0.3) is 0 Å². The van der Waals surface area contributed by atoms with Gasteiger partial charge in [0.1, 0.15) is 0 Å². The lowest BCUT2D eigenvalue weighted by atomic mass is 9.81. The number of fused-ring (bicyclic) bond motifs is 1. The summed E-state index contributed by atoms with van der Waals surface area (Å²) in [4.78, 5) is 26.2. The monoisotopic (exact) mass is 312 g/mol. The summed E-state index contributed by atoms with van der Waals surface area (Å²) in [7, 11) is 0. The van der Waals surface area contributed by atoms with Crippen LogP contribution in [0.5, 0.6) is 0 Å². The Kier molecular flexibility index (Phi) is 3.58. The van der Waals surface area contributed by atoms with E-state index in [0.29, 0.717) is 11.1 Å². The Morgan fingerprint density at radius 1 is 0.708 bits per heavy atom. The minimum Gasteiger partial charge on any atom is -0.293 e. The molecule has 0 radical (unpaired) electrons. The maximum Gasteiger partial charge on any atom is 0.171 e. The molecule has 0 saturated carbocycles. The van der Waals surface area contributed by atoms with E-state index in [1.54, 1.807) is 0 Å². The number of hydrogen-bond acceptors (Lipinski definition) is 2. The van der Waals surface area contributed by atoms with E-state index < -0.39 is 11.8 Å². The van der Waals surface area contributed by atoms with Crippen LogP contribution in [-0.2, 0) is 0 Å². The van der Waals surface area contributed by atoms with Gasteiger partial charge in [-0.1, -0.05) is 84.9 Å². The fourth-order valence-corrected chi connectivity index (χ4v) is 3.57. The van der Waals surface area contributed by atoms with Gasteiger partial charge in [-0.25, -0.2) is 0 Å². The smallest absolute Gasteiger partial charge is 0.171 e. The van der Waals surface area contributed by atoms with Crippen LogP contribution >= 0.6 is 0 Å². The molecule has 1 aliphatic rings. The fraction of sp³-hybridized carbons (Fsp3) is 0.0909. The van der Waals surface area contributed by atoms with Gasteiger partial charge in [0.2, 0.25) is 0 Å².